The first-order valence-corrected chi connectivity index (χ1v) is 7.52. The van der Waals surface area contributed by atoms with Gasteiger partial charge in [0.1, 0.15) is 17.3 Å². The van der Waals surface area contributed by atoms with Crippen molar-refractivity contribution >= 4 is 5.91 Å². The molecule has 1 fully saturated rings. The zero-order chi connectivity index (χ0) is 17.3. The molecule has 0 bridgehead atoms. The van der Waals surface area contributed by atoms with Crippen LogP contribution in [0, 0.1) is 5.82 Å². The largest absolute Gasteiger partial charge is 0.432 e. The van der Waals surface area contributed by atoms with Crippen LogP contribution in [0.2, 0.25) is 0 Å². The number of aromatic amines is 1. The van der Waals surface area contributed by atoms with Gasteiger partial charge in [0.2, 0.25) is 0 Å². The monoisotopic (exact) mass is 341 g/mol. The standard InChI is InChI=1S/C16H15F4N3O/c17-12-6-2-1-5-11(12)15(24)23-7-3-4-10(9-23)14-21-8-13(22-14)16(18,19)20/h1-2,5-6,8,10H,3-4,7,9H2,(H,21,22)/t10-/m0/s1. The second kappa shape index (κ2) is 6.26. The fourth-order valence-electron chi connectivity index (χ4n) is 2.88. The predicted molar refractivity (Wildman–Crippen MR) is 77.9 cm³/mol. The van der Waals surface area contributed by atoms with E-state index in [-0.39, 0.29) is 23.9 Å². The number of carbonyl (C=O) groups excluding carboxylic acids is 1. The Hall–Kier alpha value is -2.38. The van der Waals surface area contributed by atoms with Crippen LogP contribution in [-0.4, -0.2) is 33.9 Å². The summed E-state index contributed by atoms with van der Waals surface area (Å²) < 4.78 is 51.7. The second-order valence-electron chi connectivity index (χ2n) is 5.75. The molecule has 1 atom stereocenters. The number of imidazole rings is 1. The van der Waals surface area contributed by atoms with Gasteiger partial charge in [-0.05, 0) is 25.0 Å². The molecule has 1 aliphatic heterocycles. The summed E-state index contributed by atoms with van der Waals surface area (Å²) in [6, 6.07) is 5.67. The number of carbonyl (C=O) groups is 1. The molecule has 0 radical (unpaired) electrons. The van der Waals surface area contributed by atoms with Gasteiger partial charge in [-0.25, -0.2) is 9.37 Å². The van der Waals surface area contributed by atoms with Crippen LogP contribution in [0.25, 0.3) is 0 Å². The highest BCUT2D eigenvalue weighted by Gasteiger charge is 2.35. The summed E-state index contributed by atoms with van der Waals surface area (Å²) in [6.07, 6.45) is -2.49. The van der Waals surface area contributed by atoms with Crippen molar-refractivity contribution in [2.45, 2.75) is 24.9 Å². The number of H-pyrrole nitrogens is 1. The van der Waals surface area contributed by atoms with Gasteiger partial charge in [0.25, 0.3) is 5.91 Å². The molecule has 4 nitrogen and oxygen atoms in total. The van der Waals surface area contributed by atoms with E-state index in [9.17, 15) is 22.4 Å². The zero-order valence-corrected chi connectivity index (χ0v) is 12.6. The van der Waals surface area contributed by atoms with Gasteiger partial charge in [0, 0.05) is 19.0 Å². The Morgan fingerprint density at radius 3 is 2.71 bits per heavy atom. The maximum Gasteiger partial charge on any atom is 0.432 e. The minimum Gasteiger partial charge on any atom is -0.338 e. The average molecular weight is 341 g/mol. The third-order valence-electron chi connectivity index (χ3n) is 4.10. The number of nitrogens with zero attached hydrogens (tertiary/aromatic N) is 2. The number of hydrogen-bond acceptors (Lipinski definition) is 2. The Morgan fingerprint density at radius 1 is 1.29 bits per heavy atom. The summed E-state index contributed by atoms with van der Waals surface area (Å²) in [7, 11) is 0. The van der Waals surface area contributed by atoms with Gasteiger partial charge in [0.05, 0.1) is 11.8 Å². The molecule has 24 heavy (non-hydrogen) atoms. The summed E-state index contributed by atoms with van der Waals surface area (Å²) in [5.41, 5.74) is -0.941. The van der Waals surface area contributed by atoms with Gasteiger partial charge >= 0.3 is 6.18 Å². The van der Waals surface area contributed by atoms with Crippen molar-refractivity contribution in [1.82, 2.24) is 14.9 Å². The van der Waals surface area contributed by atoms with Crippen molar-refractivity contribution in [1.29, 1.82) is 0 Å². The lowest BCUT2D eigenvalue weighted by Gasteiger charge is -2.32. The fourth-order valence-corrected chi connectivity index (χ4v) is 2.88. The van der Waals surface area contributed by atoms with Gasteiger partial charge in [-0.15, -0.1) is 0 Å². The number of halogens is 4. The van der Waals surface area contributed by atoms with Crippen molar-refractivity contribution in [2.24, 2.45) is 0 Å². The zero-order valence-electron chi connectivity index (χ0n) is 12.6. The quantitative estimate of drug-likeness (QED) is 0.849. The molecule has 1 amide bonds. The SMILES string of the molecule is O=C(c1ccccc1F)N1CCC[C@H](c2ncc(C(F)(F)F)[nH]2)C1. The number of aromatic nitrogens is 2. The lowest BCUT2D eigenvalue weighted by molar-refractivity contribution is -0.141. The van der Waals surface area contributed by atoms with Crippen molar-refractivity contribution in [3.63, 3.8) is 0 Å². The Balaban J connectivity index is 1.76. The summed E-state index contributed by atoms with van der Waals surface area (Å²) in [5.74, 6) is -1.19. The highest BCUT2D eigenvalue weighted by Crippen LogP contribution is 2.31. The van der Waals surface area contributed by atoms with Crippen molar-refractivity contribution in [3.05, 3.63) is 53.4 Å². The Bertz CT molecular complexity index is 741. The first-order chi connectivity index (χ1) is 11.4. The molecule has 2 aromatic rings. The molecule has 2 heterocycles. The van der Waals surface area contributed by atoms with Crippen molar-refractivity contribution in [2.75, 3.05) is 13.1 Å². The van der Waals surface area contributed by atoms with Crippen LogP contribution in [-0.2, 0) is 6.18 Å². The van der Waals surface area contributed by atoms with Crippen LogP contribution in [0.4, 0.5) is 17.6 Å². The molecular formula is C16H15F4N3O. The van der Waals surface area contributed by atoms with Crippen LogP contribution in [0.5, 0.6) is 0 Å². The van der Waals surface area contributed by atoms with E-state index >= 15 is 0 Å². The summed E-state index contributed by atoms with van der Waals surface area (Å²) >= 11 is 0. The first-order valence-electron chi connectivity index (χ1n) is 7.52. The number of benzene rings is 1. The van der Waals surface area contributed by atoms with Crippen molar-refractivity contribution < 1.29 is 22.4 Å². The van der Waals surface area contributed by atoms with Crippen LogP contribution >= 0.6 is 0 Å². The Morgan fingerprint density at radius 2 is 2.04 bits per heavy atom. The molecule has 1 aromatic heterocycles. The molecule has 1 saturated heterocycles. The summed E-state index contributed by atoms with van der Waals surface area (Å²) in [4.78, 5) is 20.0. The molecule has 3 rings (SSSR count). The van der Waals surface area contributed by atoms with Gasteiger partial charge in [-0.1, -0.05) is 12.1 Å². The lowest BCUT2D eigenvalue weighted by atomic mass is 9.96. The van der Waals surface area contributed by atoms with Crippen LogP contribution < -0.4 is 0 Å². The number of amides is 1. The number of alkyl halides is 3. The summed E-state index contributed by atoms with van der Waals surface area (Å²) in [6.45, 7) is 0.647. The van der Waals surface area contributed by atoms with E-state index in [0.717, 1.165) is 6.20 Å². The van der Waals surface area contributed by atoms with Gasteiger partial charge in [-0.3, -0.25) is 4.79 Å². The van der Waals surface area contributed by atoms with E-state index in [0.29, 0.717) is 19.4 Å². The van der Waals surface area contributed by atoms with E-state index in [1.807, 2.05) is 0 Å². The molecule has 0 saturated carbocycles. The van der Waals surface area contributed by atoms with Crippen molar-refractivity contribution in [3.8, 4) is 0 Å². The molecule has 0 aliphatic carbocycles. The van der Waals surface area contributed by atoms with Gasteiger partial charge in [-0.2, -0.15) is 13.2 Å². The molecule has 8 heteroatoms. The second-order valence-corrected chi connectivity index (χ2v) is 5.75. The van der Waals surface area contributed by atoms with Crippen LogP contribution in [0.3, 0.4) is 0 Å². The smallest absolute Gasteiger partial charge is 0.338 e. The molecular weight excluding hydrogens is 326 g/mol. The molecule has 128 valence electrons. The molecule has 1 N–H and O–H groups in total. The van der Waals surface area contributed by atoms with E-state index in [1.54, 1.807) is 6.07 Å². The highest BCUT2D eigenvalue weighted by atomic mass is 19.4. The normalized spacial score (nSPS) is 18.7. The number of piperidine rings is 1. The topological polar surface area (TPSA) is 49.0 Å². The number of rotatable bonds is 2. The van der Waals surface area contributed by atoms with E-state index in [4.69, 9.17) is 0 Å². The minimum atomic E-state index is -4.48. The average Bonchev–Trinajstić information content (AvgIpc) is 3.05. The van der Waals surface area contributed by atoms with Crippen LogP contribution in [0.1, 0.15) is 40.6 Å². The highest BCUT2D eigenvalue weighted by molar-refractivity contribution is 5.94. The Labute approximate surface area is 135 Å². The minimum absolute atomic E-state index is 0.0337. The maximum absolute atomic E-state index is 13.8. The number of hydrogen-bond donors (Lipinski definition) is 1. The molecule has 1 aliphatic rings. The lowest BCUT2D eigenvalue weighted by Crippen LogP contribution is -2.39. The van der Waals surface area contributed by atoms with E-state index < -0.39 is 23.6 Å². The van der Waals surface area contributed by atoms with E-state index in [1.165, 1.54) is 23.1 Å². The number of nitrogens with one attached hydrogen (secondary N) is 1. The molecule has 0 unspecified atom stereocenters. The van der Waals surface area contributed by atoms with E-state index in [2.05, 4.69) is 9.97 Å². The predicted octanol–water partition coefficient (Wildman–Crippen LogP) is 3.59. The maximum atomic E-state index is 13.8. The number of likely N-dealkylation sites (tertiary alicyclic amines) is 1. The fraction of sp³-hybridized carbons (Fsp3) is 0.375. The molecule has 1 aromatic carbocycles. The van der Waals surface area contributed by atoms with Gasteiger partial charge < -0.3 is 9.88 Å². The first kappa shape index (κ1) is 16.5. The third kappa shape index (κ3) is 3.27. The third-order valence-corrected chi connectivity index (χ3v) is 4.10. The Kier molecular flexibility index (Phi) is 4.29. The van der Waals surface area contributed by atoms with Gasteiger partial charge in [0.15, 0.2) is 0 Å². The molecule has 0 spiro atoms. The summed E-state index contributed by atoms with van der Waals surface area (Å²) in [5, 5.41) is 0. The van der Waals surface area contributed by atoms with Crippen LogP contribution in [0.15, 0.2) is 30.5 Å².